The molecule has 0 aromatic carbocycles. The van der Waals surface area contributed by atoms with Gasteiger partial charge in [-0.2, -0.15) is 0 Å². The Labute approximate surface area is 153 Å². The zero-order chi connectivity index (χ0) is 17.6. The molecule has 3 fully saturated rings. The fraction of sp³-hybridized carbons (Fsp3) is 0.833. The highest BCUT2D eigenvalue weighted by atomic mass is 32.1. The average molecular weight is 365 g/mol. The molecule has 6 nitrogen and oxygen atoms in total. The normalized spacial score (nSPS) is 32.2. The molecule has 1 aromatic heterocycles. The van der Waals surface area contributed by atoms with E-state index in [0.29, 0.717) is 28.9 Å². The third-order valence-electron chi connectivity index (χ3n) is 6.12. The zero-order valence-electron chi connectivity index (χ0n) is 15.4. The van der Waals surface area contributed by atoms with Crippen LogP contribution in [0.4, 0.5) is 0 Å². The van der Waals surface area contributed by atoms with Crippen LogP contribution in [0, 0.1) is 24.7 Å². The lowest BCUT2D eigenvalue weighted by molar-refractivity contribution is -0.0493. The van der Waals surface area contributed by atoms with E-state index in [2.05, 4.69) is 28.6 Å². The molecule has 4 atom stereocenters. The van der Waals surface area contributed by atoms with Crippen LogP contribution in [0.1, 0.15) is 41.0 Å². The van der Waals surface area contributed by atoms with Gasteiger partial charge in [0.15, 0.2) is 0 Å². The van der Waals surface area contributed by atoms with Crippen LogP contribution in [0.2, 0.25) is 0 Å². The van der Waals surface area contributed by atoms with Crippen molar-refractivity contribution in [2.24, 2.45) is 17.8 Å². The lowest BCUT2D eigenvalue weighted by Crippen LogP contribution is -2.48. The molecule has 1 saturated heterocycles. The lowest BCUT2D eigenvalue weighted by atomic mass is 9.77. The summed E-state index contributed by atoms with van der Waals surface area (Å²) in [5.74, 6) is 2.05. The molecule has 25 heavy (non-hydrogen) atoms. The first-order valence-electron chi connectivity index (χ1n) is 9.39. The van der Waals surface area contributed by atoms with Gasteiger partial charge in [0, 0.05) is 25.7 Å². The first-order valence-corrected chi connectivity index (χ1v) is 10.2. The van der Waals surface area contributed by atoms with Gasteiger partial charge in [-0.1, -0.05) is 4.49 Å². The number of ether oxygens (including phenoxy) is 1. The Morgan fingerprint density at radius 3 is 2.60 bits per heavy atom. The molecule has 1 aromatic rings. The lowest BCUT2D eigenvalue weighted by Gasteiger charge is -2.41. The summed E-state index contributed by atoms with van der Waals surface area (Å²) < 4.78 is 10.2. The van der Waals surface area contributed by atoms with Crippen molar-refractivity contribution in [1.29, 1.82) is 0 Å². The third-order valence-corrected chi connectivity index (χ3v) is 6.94. The number of carbonyl (C=O) groups excluding carboxylic acids is 1. The van der Waals surface area contributed by atoms with Gasteiger partial charge in [-0.3, -0.25) is 4.79 Å². The number of fused-ring (bicyclic) bond motifs is 1. The molecule has 3 aliphatic rings. The molecule has 0 N–H and O–H groups in total. The van der Waals surface area contributed by atoms with Gasteiger partial charge in [0.2, 0.25) is 0 Å². The Hall–Kier alpha value is -1.05. The Morgan fingerprint density at radius 1 is 1.28 bits per heavy atom. The molecular formula is C18H28N4O2S. The Bertz CT molecular complexity index is 630. The predicted molar refractivity (Wildman–Crippen MR) is 96.7 cm³/mol. The highest BCUT2D eigenvalue weighted by Gasteiger charge is 2.45. The highest BCUT2D eigenvalue weighted by Crippen LogP contribution is 2.40. The van der Waals surface area contributed by atoms with Crippen LogP contribution in [0.15, 0.2) is 0 Å². The van der Waals surface area contributed by atoms with Crippen LogP contribution in [-0.4, -0.2) is 71.2 Å². The van der Waals surface area contributed by atoms with E-state index in [1.807, 2.05) is 11.8 Å². The van der Waals surface area contributed by atoms with Gasteiger partial charge >= 0.3 is 0 Å². The van der Waals surface area contributed by atoms with E-state index < -0.39 is 0 Å². The van der Waals surface area contributed by atoms with Gasteiger partial charge in [-0.25, -0.2) is 0 Å². The standard InChI is InChI=1S/C18H28N4O2S/c1-11-17(25-20-19-11)18(23)22-8-13-6-15(21(2)3)16(7-14(13)9-22)24-10-12-4-5-12/h12-16H,4-10H2,1-3H3/t13-,14+,15-,16-/m1/s1. The van der Waals surface area contributed by atoms with Crippen molar-refractivity contribution in [2.45, 2.75) is 44.8 Å². The number of amides is 1. The number of carbonyl (C=O) groups is 1. The van der Waals surface area contributed by atoms with Gasteiger partial charge < -0.3 is 14.5 Å². The largest absolute Gasteiger partial charge is 0.376 e. The molecule has 138 valence electrons. The van der Waals surface area contributed by atoms with Crippen LogP contribution in [0.3, 0.4) is 0 Å². The average Bonchev–Trinajstić information content (AvgIpc) is 3.16. The molecule has 4 rings (SSSR count). The molecular weight excluding hydrogens is 336 g/mol. The van der Waals surface area contributed by atoms with Crippen molar-refractivity contribution in [3.05, 3.63) is 10.6 Å². The van der Waals surface area contributed by atoms with Gasteiger partial charge in [-0.15, -0.1) is 5.10 Å². The molecule has 0 bridgehead atoms. The van der Waals surface area contributed by atoms with E-state index in [4.69, 9.17) is 4.74 Å². The predicted octanol–water partition coefficient (Wildman–Crippen LogP) is 2.05. The molecule has 1 aliphatic heterocycles. The third kappa shape index (κ3) is 3.59. The second-order valence-corrected chi connectivity index (χ2v) is 8.99. The second kappa shape index (κ2) is 6.93. The van der Waals surface area contributed by atoms with Crippen molar-refractivity contribution < 1.29 is 9.53 Å². The van der Waals surface area contributed by atoms with Crippen molar-refractivity contribution in [1.82, 2.24) is 19.4 Å². The fourth-order valence-electron chi connectivity index (χ4n) is 4.39. The molecule has 2 aliphatic carbocycles. The number of likely N-dealkylation sites (tertiary alicyclic amines) is 1. The summed E-state index contributed by atoms with van der Waals surface area (Å²) in [4.78, 5) is 17.8. The summed E-state index contributed by atoms with van der Waals surface area (Å²) in [5, 5.41) is 3.99. The number of aryl methyl sites for hydroxylation is 1. The molecule has 2 heterocycles. The molecule has 7 heteroatoms. The summed E-state index contributed by atoms with van der Waals surface area (Å²) in [6.07, 6.45) is 5.16. The van der Waals surface area contributed by atoms with Gasteiger partial charge in [0.25, 0.3) is 5.91 Å². The smallest absolute Gasteiger partial charge is 0.267 e. The summed E-state index contributed by atoms with van der Waals surface area (Å²) >= 11 is 1.22. The maximum absolute atomic E-state index is 12.8. The minimum absolute atomic E-state index is 0.110. The zero-order valence-corrected chi connectivity index (χ0v) is 16.2. The number of rotatable bonds is 5. The second-order valence-electron chi connectivity index (χ2n) is 8.24. The Balaban J connectivity index is 1.43. The van der Waals surface area contributed by atoms with Crippen LogP contribution in [0.25, 0.3) is 0 Å². The minimum Gasteiger partial charge on any atom is -0.376 e. The number of nitrogens with zero attached hydrogens (tertiary/aromatic N) is 4. The monoisotopic (exact) mass is 364 g/mol. The van der Waals surface area contributed by atoms with Gasteiger partial charge in [0.1, 0.15) is 4.88 Å². The van der Waals surface area contributed by atoms with Crippen molar-refractivity contribution in [3.63, 3.8) is 0 Å². The number of aromatic nitrogens is 2. The Morgan fingerprint density at radius 2 is 2.00 bits per heavy atom. The quantitative estimate of drug-likeness (QED) is 0.800. The summed E-state index contributed by atoms with van der Waals surface area (Å²) in [7, 11) is 4.31. The highest BCUT2D eigenvalue weighted by molar-refractivity contribution is 7.07. The van der Waals surface area contributed by atoms with Crippen LogP contribution >= 0.6 is 11.5 Å². The topological polar surface area (TPSA) is 58.6 Å². The van der Waals surface area contributed by atoms with Crippen molar-refractivity contribution >= 4 is 17.4 Å². The first-order chi connectivity index (χ1) is 12.0. The van der Waals surface area contributed by atoms with E-state index in [1.165, 1.54) is 24.4 Å². The Kier molecular flexibility index (Phi) is 4.81. The minimum atomic E-state index is 0.110. The summed E-state index contributed by atoms with van der Waals surface area (Å²) in [5.41, 5.74) is 0.752. The fourth-order valence-corrected chi connectivity index (χ4v) is 5.02. The molecule has 0 unspecified atom stereocenters. The van der Waals surface area contributed by atoms with E-state index >= 15 is 0 Å². The first kappa shape index (κ1) is 17.4. The SMILES string of the molecule is Cc1nnsc1C(=O)N1C[C@H]2C[C@@H](N(C)C)[C@H](OCC3CC3)C[C@H]2C1. The van der Waals surface area contributed by atoms with E-state index in [1.54, 1.807) is 0 Å². The van der Waals surface area contributed by atoms with E-state index in [0.717, 1.165) is 44.1 Å². The summed E-state index contributed by atoms with van der Waals surface area (Å²) in [6.45, 7) is 4.50. The number of likely N-dealkylation sites (N-methyl/N-ethyl adjacent to an activating group) is 1. The molecule has 0 spiro atoms. The van der Waals surface area contributed by atoms with Crippen LogP contribution in [-0.2, 0) is 4.74 Å². The van der Waals surface area contributed by atoms with Gasteiger partial charge in [0.05, 0.1) is 11.8 Å². The number of hydrogen-bond donors (Lipinski definition) is 0. The molecule has 0 radical (unpaired) electrons. The summed E-state index contributed by atoms with van der Waals surface area (Å²) in [6, 6.07) is 0.460. The molecule has 2 saturated carbocycles. The maximum atomic E-state index is 12.8. The van der Waals surface area contributed by atoms with Crippen LogP contribution in [0.5, 0.6) is 0 Å². The molecule has 1 amide bonds. The van der Waals surface area contributed by atoms with Crippen molar-refractivity contribution in [3.8, 4) is 0 Å². The van der Waals surface area contributed by atoms with Gasteiger partial charge in [-0.05, 0) is 76.0 Å². The van der Waals surface area contributed by atoms with E-state index in [-0.39, 0.29) is 5.91 Å². The van der Waals surface area contributed by atoms with E-state index in [9.17, 15) is 4.79 Å². The van der Waals surface area contributed by atoms with Crippen molar-refractivity contribution in [2.75, 3.05) is 33.8 Å². The number of hydrogen-bond acceptors (Lipinski definition) is 6. The maximum Gasteiger partial charge on any atom is 0.267 e. The van der Waals surface area contributed by atoms with Crippen LogP contribution < -0.4 is 0 Å².